The number of benzene rings is 2. The normalized spacial score (nSPS) is 14.1. The summed E-state index contributed by atoms with van der Waals surface area (Å²) in [7, 11) is 0. The van der Waals surface area contributed by atoms with E-state index in [4.69, 9.17) is 9.15 Å². The molecule has 0 aliphatic carbocycles. The lowest BCUT2D eigenvalue weighted by molar-refractivity contribution is 0.121. The van der Waals surface area contributed by atoms with Crippen LogP contribution in [0.4, 0.5) is 4.79 Å². The maximum Gasteiger partial charge on any atom is 0.411 e. The Morgan fingerprint density at radius 1 is 1.04 bits per heavy atom. The molecular weight excluding hydrogens is 358 g/mol. The second kappa shape index (κ2) is 6.34. The van der Waals surface area contributed by atoms with E-state index >= 15 is 0 Å². The number of furan rings is 1. The number of imidazole rings is 1. The Labute approximate surface area is 158 Å². The molecule has 0 radical (unpaired) electrons. The monoisotopic (exact) mass is 373 g/mol. The lowest BCUT2D eigenvalue weighted by Gasteiger charge is -2.21. The highest BCUT2D eigenvalue weighted by Crippen LogP contribution is 2.26. The highest BCUT2D eigenvalue weighted by atomic mass is 16.5. The van der Waals surface area contributed by atoms with Crippen molar-refractivity contribution >= 4 is 17.1 Å². The molecule has 5 rings (SSSR count). The van der Waals surface area contributed by atoms with Crippen LogP contribution in [0.15, 0.2) is 81.3 Å². The summed E-state index contributed by atoms with van der Waals surface area (Å²) in [4.78, 5) is 29.1. The Kier molecular flexibility index (Phi) is 3.68. The first-order valence-corrected chi connectivity index (χ1v) is 8.69. The number of para-hydroxylation sites is 4. The number of hydrogen-bond donors (Lipinski definition) is 2. The standard InChI is InChI=1S/C20H15N5O3/c26-19(28-12-18-21-13-6-1-2-7-14(13)22-18)25-20(17-10-5-11-27-17)23-15-8-3-4-9-16(15)24-20/h1-11H,12H2,(H,21,22)(H,25,26). The quantitative estimate of drug-likeness (QED) is 0.572. The van der Waals surface area contributed by atoms with Crippen LogP contribution in [0.1, 0.15) is 11.6 Å². The molecule has 2 aromatic carbocycles. The van der Waals surface area contributed by atoms with Crippen molar-refractivity contribution in [1.82, 2.24) is 15.3 Å². The third kappa shape index (κ3) is 2.81. The number of alkyl carbamates (subject to hydrolysis) is 1. The minimum atomic E-state index is -1.39. The van der Waals surface area contributed by atoms with Gasteiger partial charge in [0.15, 0.2) is 12.4 Å². The van der Waals surface area contributed by atoms with Crippen LogP contribution < -0.4 is 16.0 Å². The second-order valence-corrected chi connectivity index (χ2v) is 6.26. The predicted octanol–water partition coefficient (Wildman–Crippen LogP) is 2.15. The van der Waals surface area contributed by atoms with Crippen LogP contribution in [-0.2, 0) is 17.1 Å². The van der Waals surface area contributed by atoms with E-state index in [-0.39, 0.29) is 6.61 Å². The predicted molar refractivity (Wildman–Crippen MR) is 98.6 cm³/mol. The number of carbonyl (C=O) groups excluding carboxylic acids is 1. The molecule has 0 fully saturated rings. The number of hydrogen-bond acceptors (Lipinski definition) is 6. The van der Waals surface area contributed by atoms with Gasteiger partial charge in [0.1, 0.15) is 5.82 Å². The van der Waals surface area contributed by atoms with E-state index in [0.29, 0.717) is 22.3 Å². The summed E-state index contributed by atoms with van der Waals surface area (Å²) < 4.78 is 10.8. The fourth-order valence-electron chi connectivity index (χ4n) is 3.12. The zero-order chi connectivity index (χ0) is 19.0. The average molecular weight is 373 g/mol. The number of aromatic amines is 1. The Balaban J connectivity index is 1.38. The van der Waals surface area contributed by atoms with Crippen molar-refractivity contribution in [2.75, 3.05) is 0 Å². The van der Waals surface area contributed by atoms with Crippen LogP contribution in [0, 0.1) is 0 Å². The highest BCUT2D eigenvalue weighted by molar-refractivity contribution is 5.74. The molecule has 0 unspecified atom stereocenters. The van der Waals surface area contributed by atoms with Gasteiger partial charge >= 0.3 is 6.09 Å². The van der Waals surface area contributed by atoms with Gasteiger partial charge in [-0.2, -0.15) is 0 Å². The summed E-state index contributed by atoms with van der Waals surface area (Å²) in [6.45, 7) is -0.0122. The van der Waals surface area contributed by atoms with E-state index in [9.17, 15) is 4.79 Å². The first-order chi connectivity index (χ1) is 13.7. The molecule has 1 aliphatic rings. The molecule has 2 aromatic heterocycles. The number of amides is 1. The summed E-state index contributed by atoms with van der Waals surface area (Å²) in [6, 6.07) is 18.4. The topological polar surface area (TPSA) is 105 Å². The molecule has 8 heteroatoms. The smallest absolute Gasteiger partial charge is 0.411 e. The van der Waals surface area contributed by atoms with E-state index in [2.05, 4.69) is 25.3 Å². The van der Waals surface area contributed by atoms with E-state index in [1.54, 1.807) is 12.1 Å². The minimum Gasteiger partial charge on any atom is -0.463 e. The van der Waals surface area contributed by atoms with Gasteiger partial charge in [-0.1, -0.05) is 24.3 Å². The number of nitrogens with zero attached hydrogens (tertiary/aromatic N) is 3. The lowest BCUT2D eigenvalue weighted by Crippen LogP contribution is -2.42. The van der Waals surface area contributed by atoms with Crippen molar-refractivity contribution in [2.45, 2.75) is 12.4 Å². The molecule has 8 nitrogen and oxygen atoms in total. The van der Waals surface area contributed by atoms with Crippen LogP contribution in [0.25, 0.3) is 11.0 Å². The minimum absolute atomic E-state index is 0.0122. The molecule has 138 valence electrons. The zero-order valence-corrected chi connectivity index (χ0v) is 14.6. The lowest BCUT2D eigenvalue weighted by atomic mass is 10.3. The maximum atomic E-state index is 12.5. The highest BCUT2D eigenvalue weighted by Gasteiger charge is 2.39. The van der Waals surface area contributed by atoms with Gasteiger partial charge in [-0.05, 0) is 36.4 Å². The van der Waals surface area contributed by atoms with Crippen LogP contribution in [0.2, 0.25) is 0 Å². The second-order valence-electron chi connectivity index (χ2n) is 6.26. The fraction of sp³-hybridized carbons (Fsp3) is 0.100. The van der Waals surface area contributed by atoms with Crippen molar-refractivity contribution in [3.05, 3.63) is 89.2 Å². The molecule has 0 saturated carbocycles. The molecule has 0 atom stereocenters. The number of ether oxygens (including phenoxy) is 1. The molecule has 3 heterocycles. The van der Waals surface area contributed by atoms with E-state index < -0.39 is 11.9 Å². The Hall–Kier alpha value is -3.94. The van der Waals surface area contributed by atoms with Gasteiger partial charge in [-0.3, -0.25) is 5.32 Å². The molecule has 28 heavy (non-hydrogen) atoms. The summed E-state index contributed by atoms with van der Waals surface area (Å²) in [5.41, 5.74) is 1.69. The molecular formula is C20H15N5O3. The Bertz CT molecular complexity index is 1210. The van der Waals surface area contributed by atoms with Crippen LogP contribution in [0.5, 0.6) is 0 Å². The van der Waals surface area contributed by atoms with Gasteiger partial charge in [0.25, 0.3) is 5.79 Å². The SMILES string of the molecule is O=C(NC1(c2ccco2)N=c2ccccc2=N1)OCc1nc2ccccc2[nH]1. The molecule has 1 amide bonds. The number of nitrogens with one attached hydrogen (secondary N) is 2. The largest absolute Gasteiger partial charge is 0.463 e. The number of fused-ring (bicyclic) bond motifs is 2. The third-order valence-corrected chi connectivity index (χ3v) is 4.37. The maximum absolute atomic E-state index is 12.5. The summed E-state index contributed by atoms with van der Waals surface area (Å²) in [5, 5.41) is 4.04. The Morgan fingerprint density at radius 3 is 2.50 bits per heavy atom. The number of aromatic nitrogens is 2. The molecule has 2 N–H and O–H groups in total. The molecule has 1 aliphatic heterocycles. The van der Waals surface area contributed by atoms with Crippen molar-refractivity contribution in [1.29, 1.82) is 0 Å². The van der Waals surface area contributed by atoms with Gasteiger partial charge < -0.3 is 14.1 Å². The summed E-state index contributed by atoms with van der Waals surface area (Å²) in [6.07, 6.45) is 0.823. The molecule has 0 bridgehead atoms. The van der Waals surface area contributed by atoms with Crippen molar-refractivity contribution in [3.63, 3.8) is 0 Å². The number of carbonyl (C=O) groups is 1. The van der Waals surface area contributed by atoms with Gasteiger partial charge in [0, 0.05) is 0 Å². The summed E-state index contributed by atoms with van der Waals surface area (Å²) >= 11 is 0. The number of rotatable bonds is 4. The van der Waals surface area contributed by atoms with Crippen LogP contribution in [0.3, 0.4) is 0 Å². The van der Waals surface area contributed by atoms with Gasteiger partial charge in [0.05, 0.1) is 28.0 Å². The zero-order valence-electron chi connectivity index (χ0n) is 14.6. The first-order valence-electron chi connectivity index (χ1n) is 8.69. The van der Waals surface area contributed by atoms with Gasteiger partial charge in [-0.25, -0.2) is 19.8 Å². The van der Waals surface area contributed by atoms with Crippen molar-refractivity contribution in [2.24, 2.45) is 9.98 Å². The van der Waals surface area contributed by atoms with E-state index in [1.165, 1.54) is 6.26 Å². The van der Waals surface area contributed by atoms with Crippen molar-refractivity contribution < 1.29 is 13.9 Å². The van der Waals surface area contributed by atoms with Gasteiger partial charge in [0.2, 0.25) is 0 Å². The van der Waals surface area contributed by atoms with Crippen molar-refractivity contribution in [3.8, 4) is 0 Å². The van der Waals surface area contributed by atoms with E-state index in [0.717, 1.165) is 11.0 Å². The molecule has 0 saturated heterocycles. The molecule has 0 spiro atoms. The fourth-order valence-corrected chi connectivity index (χ4v) is 3.12. The van der Waals surface area contributed by atoms with Crippen LogP contribution >= 0.6 is 0 Å². The Morgan fingerprint density at radius 2 is 1.79 bits per heavy atom. The van der Waals surface area contributed by atoms with Crippen LogP contribution in [-0.4, -0.2) is 16.1 Å². The third-order valence-electron chi connectivity index (χ3n) is 4.37. The van der Waals surface area contributed by atoms with Gasteiger partial charge in [-0.15, -0.1) is 0 Å². The molecule has 4 aromatic rings. The number of H-pyrrole nitrogens is 1. The van der Waals surface area contributed by atoms with E-state index in [1.807, 2.05) is 48.5 Å². The first kappa shape index (κ1) is 16.2. The summed E-state index contributed by atoms with van der Waals surface area (Å²) in [5.74, 6) is -0.450. The average Bonchev–Trinajstić information content (AvgIpc) is 3.43.